The summed E-state index contributed by atoms with van der Waals surface area (Å²) < 4.78 is 24.9. The third-order valence-electron chi connectivity index (χ3n) is 7.43. The summed E-state index contributed by atoms with van der Waals surface area (Å²) in [6.45, 7) is 4.30. The van der Waals surface area contributed by atoms with Crippen LogP contribution in [0.1, 0.15) is 36.6 Å². The molecule has 204 valence electrons. The average molecular weight is 533 g/mol. The third-order valence-corrected chi connectivity index (χ3v) is 7.43. The highest BCUT2D eigenvalue weighted by molar-refractivity contribution is 5.23. The zero-order valence-electron chi connectivity index (χ0n) is 21.9. The molecule has 3 aromatic carbocycles. The monoisotopic (exact) mass is 532 g/mol. The van der Waals surface area contributed by atoms with Crippen molar-refractivity contribution in [1.82, 2.24) is 5.06 Å². The molecule has 0 spiro atoms. The summed E-state index contributed by atoms with van der Waals surface area (Å²) in [5, 5.41) is 14.4. The number of fused-ring (bicyclic) bond motifs is 1. The van der Waals surface area contributed by atoms with Crippen LogP contribution in [0.3, 0.4) is 0 Å². The van der Waals surface area contributed by atoms with Gasteiger partial charge in [-0.15, -0.1) is 0 Å². The predicted octanol–water partition coefficient (Wildman–Crippen LogP) is 4.65. The van der Waals surface area contributed by atoms with Gasteiger partial charge in [0.2, 0.25) is 0 Å². The molecule has 9 heteroatoms. The van der Waals surface area contributed by atoms with Crippen LogP contribution < -0.4 is 0 Å². The van der Waals surface area contributed by atoms with Crippen molar-refractivity contribution in [3.8, 4) is 0 Å². The van der Waals surface area contributed by atoms with Crippen molar-refractivity contribution >= 4 is 0 Å². The lowest BCUT2D eigenvalue weighted by molar-refractivity contribution is -0.533. The average Bonchev–Trinajstić information content (AvgIpc) is 3.56. The van der Waals surface area contributed by atoms with E-state index in [-0.39, 0.29) is 4.92 Å². The predicted molar refractivity (Wildman–Crippen MR) is 141 cm³/mol. The first-order chi connectivity index (χ1) is 18.9. The Balaban J connectivity index is 1.33. The summed E-state index contributed by atoms with van der Waals surface area (Å²) in [5.41, 5.74) is 2.76. The van der Waals surface area contributed by atoms with E-state index in [0.717, 1.165) is 16.7 Å². The van der Waals surface area contributed by atoms with E-state index in [0.29, 0.717) is 13.2 Å². The molecule has 9 nitrogen and oxygen atoms in total. The Morgan fingerprint density at radius 1 is 0.846 bits per heavy atom. The van der Waals surface area contributed by atoms with E-state index in [2.05, 4.69) is 0 Å². The van der Waals surface area contributed by atoms with E-state index in [9.17, 15) is 10.1 Å². The van der Waals surface area contributed by atoms with Crippen LogP contribution in [-0.2, 0) is 36.9 Å². The summed E-state index contributed by atoms with van der Waals surface area (Å²) in [5.74, 6) is -0.861. The molecular weight excluding hydrogens is 500 g/mol. The maximum atomic E-state index is 12.7. The van der Waals surface area contributed by atoms with Gasteiger partial charge in [-0.3, -0.25) is 15.0 Å². The molecule has 0 radical (unpaired) electrons. The van der Waals surface area contributed by atoms with Gasteiger partial charge in [-0.2, -0.15) is 5.06 Å². The lowest BCUT2D eigenvalue weighted by atomic mass is 9.91. The molecule has 0 amide bonds. The first-order valence-electron chi connectivity index (χ1n) is 13.2. The van der Waals surface area contributed by atoms with Crippen LogP contribution >= 0.6 is 0 Å². The number of ether oxygens (including phenoxy) is 4. The topological polar surface area (TPSA) is 92.5 Å². The van der Waals surface area contributed by atoms with E-state index in [1.54, 1.807) is 5.06 Å². The summed E-state index contributed by atoms with van der Waals surface area (Å²) in [6, 6.07) is 27.2. The lowest BCUT2D eigenvalue weighted by Crippen LogP contribution is -2.49. The molecule has 3 heterocycles. The second-order valence-corrected chi connectivity index (χ2v) is 10.6. The van der Waals surface area contributed by atoms with E-state index < -0.39 is 48.6 Å². The second kappa shape index (κ2) is 10.8. The van der Waals surface area contributed by atoms with Gasteiger partial charge in [0.1, 0.15) is 24.4 Å². The molecule has 0 aliphatic carbocycles. The molecule has 0 aromatic heterocycles. The number of hydrogen-bond donors (Lipinski definition) is 0. The molecule has 3 aliphatic heterocycles. The lowest BCUT2D eigenvalue weighted by Gasteiger charge is -2.29. The Morgan fingerprint density at radius 2 is 1.46 bits per heavy atom. The normalized spacial score (nSPS) is 31.8. The molecule has 6 rings (SSSR count). The standard InChI is InChI=1S/C30H32N2O7/c1-30(2)37-28-26(35-19-21-14-8-4-9-15-21)27(36-29(28)38-30)25-24(32(33)34)23(22-16-10-5-11-17-22)31(39-25)18-20-12-6-3-7-13-20/h3-17,23-29H,18-19H2,1-2H3/t23-,24+,25+,26+,27-,28-,29-/m1/s1. The quantitative estimate of drug-likeness (QED) is 0.306. The van der Waals surface area contributed by atoms with Gasteiger partial charge in [0, 0.05) is 4.92 Å². The highest BCUT2D eigenvalue weighted by atomic mass is 16.8. The third kappa shape index (κ3) is 5.34. The fourth-order valence-electron chi connectivity index (χ4n) is 5.76. The van der Waals surface area contributed by atoms with Crippen molar-refractivity contribution in [3.05, 3.63) is 118 Å². The highest BCUT2D eigenvalue weighted by Crippen LogP contribution is 2.46. The van der Waals surface area contributed by atoms with Gasteiger partial charge < -0.3 is 18.9 Å². The van der Waals surface area contributed by atoms with Crippen LogP contribution in [0.4, 0.5) is 0 Å². The maximum absolute atomic E-state index is 12.7. The number of nitro groups is 1. The summed E-state index contributed by atoms with van der Waals surface area (Å²) >= 11 is 0. The Bertz CT molecular complexity index is 1260. The van der Waals surface area contributed by atoms with Gasteiger partial charge in [-0.1, -0.05) is 91.0 Å². The van der Waals surface area contributed by atoms with Gasteiger partial charge in [-0.05, 0) is 30.5 Å². The van der Waals surface area contributed by atoms with E-state index in [4.69, 9.17) is 23.8 Å². The van der Waals surface area contributed by atoms with Crippen molar-refractivity contribution < 1.29 is 28.7 Å². The van der Waals surface area contributed by atoms with Crippen LogP contribution in [0.5, 0.6) is 0 Å². The Morgan fingerprint density at radius 3 is 2.10 bits per heavy atom. The largest absolute Gasteiger partial charge is 0.368 e. The number of hydroxylamine groups is 2. The molecule has 0 bridgehead atoms. The van der Waals surface area contributed by atoms with Crippen LogP contribution in [0.2, 0.25) is 0 Å². The number of nitrogens with zero attached hydrogens (tertiary/aromatic N) is 2. The van der Waals surface area contributed by atoms with E-state index in [1.807, 2.05) is 105 Å². The molecule has 0 unspecified atom stereocenters. The van der Waals surface area contributed by atoms with Gasteiger partial charge in [-0.25, -0.2) is 0 Å². The van der Waals surface area contributed by atoms with Gasteiger partial charge in [0.25, 0.3) is 6.04 Å². The fraction of sp³-hybridized carbons (Fsp3) is 0.400. The van der Waals surface area contributed by atoms with Crippen LogP contribution in [0.15, 0.2) is 91.0 Å². The minimum absolute atomic E-state index is 0.259. The minimum atomic E-state index is -1.12. The zero-order chi connectivity index (χ0) is 27.0. The molecule has 0 N–H and O–H groups in total. The molecular formula is C30H32N2O7. The summed E-state index contributed by atoms with van der Waals surface area (Å²) in [7, 11) is 0. The van der Waals surface area contributed by atoms with Crippen molar-refractivity contribution in [3.63, 3.8) is 0 Å². The fourth-order valence-corrected chi connectivity index (χ4v) is 5.76. The van der Waals surface area contributed by atoms with Crippen molar-refractivity contribution in [2.45, 2.75) is 75.6 Å². The summed E-state index contributed by atoms with van der Waals surface area (Å²) in [6.07, 6.45) is -3.64. The van der Waals surface area contributed by atoms with Gasteiger partial charge in [0.15, 0.2) is 18.2 Å². The van der Waals surface area contributed by atoms with Crippen molar-refractivity contribution in [2.75, 3.05) is 0 Å². The molecule has 3 fully saturated rings. The molecule has 3 saturated heterocycles. The zero-order valence-corrected chi connectivity index (χ0v) is 21.9. The smallest absolute Gasteiger partial charge is 0.265 e. The maximum Gasteiger partial charge on any atom is 0.265 e. The molecule has 0 saturated carbocycles. The highest BCUT2D eigenvalue weighted by Gasteiger charge is 2.64. The van der Waals surface area contributed by atoms with E-state index in [1.165, 1.54) is 0 Å². The van der Waals surface area contributed by atoms with Crippen LogP contribution in [-0.4, -0.2) is 52.5 Å². The second-order valence-electron chi connectivity index (χ2n) is 10.6. The minimum Gasteiger partial charge on any atom is -0.368 e. The van der Waals surface area contributed by atoms with Gasteiger partial charge >= 0.3 is 0 Å². The molecule has 7 atom stereocenters. The Labute approximate surface area is 227 Å². The SMILES string of the molecule is CC1(C)O[C@H]2O[C@H]([C@H]3ON(Cc4ccccc4)[C@H](c4ccccc4)[C@@H]3[N+](=O)[O-])[C@H](OCc3ccccc3)[C@H]2O1. The Kier molecular flexibility index (Phi) is 7.20. The number of hydrogen-bond acceptors (Lipinski definition) is 8. The molecule has 3 aromatic rings. The summed E-state index contributed by atoms with van der Waals surface area (Å²) in [4.78, 5) is 18.9. The number of rotatable bonds is 8. The van der Waals surface area contributed by atoms with Gasteiger partial charge in [0.05, 0.1) is 13.2 Å². The Hall–Kier alpha value is -3.18. The molecule has 3 aliphatic rings. The van der Waals surface area contributed by atoms with Crippen LogP contribution in [0, 0.1) is 10.1 Å². The van der Waals surface area contributed by atoms with E-state index >= 15 is 0 Å². The molecule has 39 heavy (non-hydrogen) atoms. The first-order valence-corrected chi connectivity index (χ1v) is 13.2. The first kappa shape index (κ1) is 26.1. The van der Waals surface area contributed by atoms with Crippen LogP contribution in [0.25, 0.3) is 0 Å². The van der Waals surface area contributed by atoms with Crippen molar-refractivity contribution in [1.29, 1.82) is 0 Å². The number of benzene rings is 3. The van der Waals surface area contributed by atoms with Crippen molar-refractivity contribution in [2.24, 2.45) is 0 Å².